The van der Waals surface area contributed by atoms with Crippen molar-refractivity contribution in [2.24, 2.45) is 0 Å². The van der Waals surface area contributed by atoms with Gasteiger partial charge in [0.05, 0.1) is 7.11 Å². The lowest BCUT2D eigenvalue weighted by Crippen LogP contribution is -2.12. The molecule has 0 aliphatic carbocycles. The van der Waals surface area contributed by atoms with Crippen molar-refractivity contribution in [1.82, 2.24) is 9.97 Å². The van der Waals surface area contributed by atoms with Crippen LogP contribution >= 0.6 is 0 Å². The van der Waals surface area contributed by atoms with Crippen LogP contribution in [-0.4, -0.2) is 31.2 Å². The number of nitrogens with zero attached hydrogens (tertiary/aromatic N) is 3. The van der Waals surface area contributed by atoms with Crippen LogP contribution in [0.4, 0.5) is 5.82 Å². The van der Waals surface area contributed by atoms with Gasteiger partial charge in [-0.25, -0.2) is 9.97 Å². The molecule has 4 nitrogen and oxygen atoms in total. The highest BCUT2D eigenvalue weighted by Gasteiger charge is 2.13. The minimum Gasteiger partial charge on any atom is -0.494 e. The number of ether oxygens (including phenoxy) is 1. The van der Waals surface area contributed by atoms with Crippen molar-refractivity contribution in [3.8, 4) is 17.1 Å². The SMILES string of the molecule is COc1cccc2c(N(C)C)nc(-c3ccccc3)nc12. The Balaban J connectivity index is 2.33. The van der Waals surface area contributed by atoms with Crippen molar-refractivity contribution >= 4 is 16.7 Å². The summed E-state index contributed by atoms with van der Waals surface area (Å²) in [6.07, 6.45) is 0. The second kappa shape index (κ2) is 5.40. The molecule has 0 spiro atoms. The summed E-state index contributed by atoms with van der Waals surface area (Å²) < 4.78 is 5.44. The highest BCUT2D eigenvalue weighted by atomic mass is 16.5. The molecule has 0 aliphatic rings. The molecule has 0 unspecified atom stereocenters. The summed E-state index contributed by atoms with van der Waals surface area (Å²) in [6, 6.07) is 15.9. The number of hydrogen-bond donors (Lipinski definition) is 0. The molecule has 0 atom stereocenters. The van der Waals surface area contributed by atoms with Gasteiger partial charge in [-0.05, 0) is 12.1 Å². The van der Waals surface area contributed by atoms with E-state index in [1.807, 2.05) is 67.5 Å². The second-order valence-electron chi connectivity index (χ2n) is 4.99. The van der Waals surface area contributed by atoms with Gasteiger partial charge in [-0.15, -0.1) is 0 Å². The van der Waals surface area contributed by atoms with Gasteiger partial charge in [0.15, 0.2) is 5.82 Å². The summed E-state index contributed by atoms with van der Waals surface area (Å²) in [5.41, 5.74) is 1.82. The topological polar surface area (TPSA) is 38.2 Å². The molecule has 0 amide bonds. The number of para-hydroxylation sites is 1. The predicted molar refractivity (Wildman–Crippen MR) is 85.9 cm³/mol. The Kier molecular flexibility index (Phi) is 3.44. The number of benzene rings is 2. The van der Waals surface area contributed by atoms with Gasteiger partial charge in [-0.2, -0.15) is 0 Å². The molecule has 3 aromatic rings. The number of hydrogen-bond acceptors (Lipinski definition) is 4. The fourth-order valence-corrected chi connectivity index (χ4v) is 2.33. The van der Waals surface area contributed by atoms with Gasteiger partial charge < -0.3 is 9.64 Å². The average Bonchev–Trinajstić information content (AvgIpc) is 2.53. The highest BCUT2D eigenvalue weighted by molar-refractivity contribution is 5.94. The lowest BCUT2D eigenvalue weighted by atomic mass is 10.1. The quantitative estimate of drug-likeness (QED) is 0.736. The smallest absolute Gasteiger partial charge is 0.162 e. The van der Waals surface area contributed by atoms with E-state index in [1.165, 1.54) is 0 Å². The average molecular weight is 279 g/mol. The first kappa shape index (κ1) is 13.4. The highest BCUT2D eigenvalue weighted by Crippen LogP contribution is 2.31. The maximum absolute atomic E-state index is 5.44. The Morgan fingerprint density at radius 2 is 1.67 bits per heavy atom. The van der Waals surface area contributed by atoms with Crippen LogP contribution in [0.25, 0.3) is 22.3 Å². The first-order valence-electron chi connectivity index (χ1n) is 6.78. The lowest BCUT2D eigenvalue weighted by molar-refractivity contribution is 0.419. The molecule has 0 saturated carbocycles. The van der Waals surface area contributed by atoms with Crippen LogP contribution in [0.2, 0.25) is 0 Å². The number of aromatic nitrogens is 2. The van der Waals surface area contributed by atoms with Gasteiger partial charge in [0.2, 0.25) is 0 Å². The van der Waals surface area contributed by atoms with Crippen LogP contribution < -0.4 is 9.64 Å². The molecule has 0 fully saturated rings. The van der Waals surface area contributed by atoms with E-state index in [9.17, 15) is 0 Å². The van der Waals surface area contributed by atoms with Gasteiger partial charge in [0.1, 0.15) is 17.1 Å². The van der Waals surface area contributed by atoms with Crippen molar-refractivity contribution in [2.75, 3.05) is 26.1 Å². The third-order valence-electron chi connectivity index (χ3n) is 3.34. The van der Waals surface area contributed by atoms with E-state index in [-0.39, 0.29) is 0 Å². The van der Waals surface area contributed by atoms with Gasteiger partial charge in [0.25, 0.3) is 0 Å². The normalized spacial score (nSPS) is 10.6. The van der Waals surface area contributed by atoms with Gasteiger partial charge in [-0.1, -0.05) is 36.4 Å². The largest absolute Gasteiger partial charge is 0.494 e. The summed E-state index contributed by atoms with van der Waals surface area (Å²) >= 11 is 0. The molecule has 2 aromatic carbocycles. The van der Waals surface area contributed by atoms with Crippen LogP contribution in [0.5, 0.6) is 5.75 Å². The van der Waals surface area contributed by atoms with Crippen molar-refractivity contribution in [1.29, 1.82) is 0 Å². The zero-order valence-electron chi connectivity index (χ0n) is 12.4. The van der Waals surface area contributed by atoms with Crippen LogP contribution in [-0.2, 0) is 0 Å². The minimum atomic E-state index is 0.705. The van der Waals surface area contributed by atoms with E-state index in [0.717, 1.165) is 28.0 Å². The Morgan fingerprint density at radius 3 is 2.33 bits per heavy atom. The Bertz CT molecular complexity index is 770. The summed E-state index contributed by atoms with van der Waals surface area (Å²) in [5.74, 6) is 2.35. The minimum absolute atomic E-state index is 0.705. The van der Waals surface area contributed by atoms with Crippen molar-refractivity contribution < 1.29 is 4.74 Å². The zero-order valence-corrected chi connectivity index (χ0v) is 12.4. The van der Waals surface area contributed by atoms with Crippen molar-refractivity contribution in [2.45, 2.75) is 0 Å². The fourth-order valence-electron chi connectivity index (χ4n) is 2.33. The number of methoxy groups -OCH3 is 1. The van der Waals surface area contributed by atoms with Gasteiger partial charge >= 0.3 is 0 Å². The lowest BCUT2D eigenvalue weighted by Gasteiger charge is -2.16. The molecule has 0 bridgehead atoms. The third-order valence-corrected chi connectivity index (χ3v) is 3.34. The number of fused-ring (bicyclic) bond motifs is 1. The predicted octanol–water partition coefficient (Wildman–Crippen LogP) is 3.37. The summed E-state index contributed by atoms with van der Waals surface area (Å²) in [5, 5.41) is 0.985. The van der Waals surface area contributed by atoms with E-state index < -0.39 is 0 Å². The monoisotopic (exact) mass is 279 g/mol. The maximum atomic E-state index is 5.44. The molecule has 1 heterocycles. The van der Waals surface area contributed by atoms with Crippen molar-refractivity contribution in [3.05, 3.63) is 48.5 Å². The molecule has 0 saturated heterocycles. The van der Waals surface area contributed by atoms with Crippen LogP contribution in [0.1, 0.15) is 0 Å². The Hall–Kier alpha value is -2.62. The first-order chi connectivity index (χ1) is 10.2. The summed E-state index contributed by atoms with van der Waals surface area (Å²) in [7, 11) is 5.63. The number of rotatable bonds is 3. The van der Waals surface area contributed by atoms with E-state index in [1.54, 1.807) is 7.11 Å². The van der Waals surface area contributed by atoms with E-state index >= 15 is 0 Å². The van der Waals surface area contributed by atoms with Crippen LogP contribution in [0.15, 0.2) is 48.5 Å². The van der Waals surface area contributed by atoms with Crippen LogP contribution in [0.3, 0.4) is 0 Å². The fraction of sp³-hybridized carbons (Fsp3) is 0.176. The molecule has 0 aliphatic heterocycles. The molecular formula is C17H17N3O. The summed E-state index contributed by atoms with van der Waals surface area (Å²) in [4.78, 5) is 11.4. The molecule has 0 radical (unpaired) electrons. The Labute approximate surface area is 124 Å². The molecule has 3 rings (SSSR count). The van der Waals surface area contributed by atoms with Gasteiger partial charge in [-0.3, -0.25) is 0 Å². The molecule has 1 aromatic heterocycles. The second-order valence-corrected chi connectivity index (χ2v) is 4.99. The third kappa shape index (κ3) is 2.40. The molecule has 21 heavy (non-hydrogen) atoms. The van der Waals surface area contributed by atoms with E-state index in [0.29, 0.717) is 5.82 Å². The number of anilines is 1. The van der Waals surface area contributed by atoms with E-state index in [4.69, 9.17) is 14.7 Å². The first-order valence-corrected chi connectivity index (χ1v) is 6.78. The molecular weight excluding hydrogens is 262 g/mol. The molecule has 4 heteroatoms. The maximum Gasteiger partial charge on any atom is 0.162 e. The van der Waals surface area contributed by atoms with Crippen molar-refractivity contribution in [3.63, 3.8) is 0 Å². The molecule has 0 N–H and O–H groups in total. The van der Waals surface area contributed by atoms with Crippen LogP contribution in [0, 0.1) is 0 Å². The zero-order chi connectivity index (χ0) is 14.8. The standard InChI is InChI=1S/C17H17N3O/c1-20(2)17-13-10-7-11-14(21-3)15(13)18-16(19-17)12-8-5-4-6-9-12/h4-11H,1-3H3. The Morgan fingerprint density at radius 1 is 0.905 bits per heavy atom. The molecule has 106 valence electrons. The van der Waals surface area contributed by atoms with E-state index in [2.05, 4.69) is 0 Å². The summed E-state index contributed by atoms with van der Waals surface area (Å²) in [6.45, 7) is 0. The van der Waals surface area contributed by atoms with Gasteiger partial charge in [0, 0.05) is 25.0 Å².